The Bertz CT molecular complexity index is 1280. The number of likely N-dealkylation sites (tertiary alicyclic amines) is 1. The fraction of sp³-hybridized carbons (Fsp3) is 0.333. The molecule has 1 fully saturated rings. The third-order valence-electron chi connectivity index (χ3n) is 6.76. The van der Waals surface area contributed by atoms with Gasteiger partial charge in [0.2, 0.25) is 5.91 Å². The lowest BCUT2D eigenvalue weighted by molar-refractivity contribution is -0.131. The molecule has 7 nitrogen and oxygen atoms in total. The Morgan fingerprint density at radius 3 is 2.68 bits per heavy atom. The number of aromatic nitrogens is 2. The second kappa shape index (κ2) is 11.1. The van der Waals surface area contributed by atoms with Gasteiger partial charge in [0.05, 0.1) is 6.04 Å². The van der Waals surface area contributed by atoms with E-state index in [0.29, 0.717) is 17.3 Å². The van der Waals surface area contributed by atoms with Crippen LogP contribution in [0.1, 0.15) is 26.7 Å². The van der Waals surface area contributed by atoms with Crippen LogP contribution < -0.4 is 10.1 Å². The van der Waals surface area contributed by atoms with E-state index in [0.717, 1.165) is 46.8 Å². The van der Waals surface area contributed by atoms with Crippen LogP contribution in [0.25, 0.3) is 0 Å². The van der Waals surface area contributed by atoms with Crippen LogP contribution in [-0.4, -0.2) is 50.8 Å². The van der Waals surface area contributed by atoms with Gasteiger partial charge in [0.1, 0.15) is 16.6 Å². The largest absolute Gasteiger partial charge is 0.453 e. The summed E-state index contributed by atoms with van der Waals surface area (Å²) in [4.78, 5) is 28.5. The number of amidine groups is 1. The number of carbonyl (C=O) groups excluding carboxylic acids is 1. The second-order valence-electron chi connectivity index (χ2n) is 9.39. The Balaban J connectivity index is 1.35. The number of pyridine rings is 2. The molecule has 5 rings (SSSR count). The van der Waals surface area contributed by atoms with Crippen LogP contribution in [0.15, 0.2) is 75.8 Å². The fourth-order valence-corrected chi connectivity index (χ4v) is 6.31. The van der Waals surface area contributed by atoms with Crippen molar-refractivity contribution in [3.05, 3.63) is 66.7 Å². The standard InChI is InChI=1S/C27H28FN5O2S2/c1-18(34)33-13-10-27(2,11-14-33)23-17-36-26(31-23)32-25-22(35-20-8-6-19(28)7-9-20)15-21(16-30-25)37-24-5-3-4-12-29-24/h3-9,12,15-16,23H,10-11,13-14,17H2,1-2H3,(H,30,31,32). The molecule has 37 heavy (non-hydrogen) atoms. The molecule has 0 saturated carbocycles. The van der Waals surface area contributed by atoms with E-state index in [2.05, 4.69) is 22.2 Å². The molecule has 10 heteroatoms. The number of hydrogen-bond acceptors (Lipinski definition) is 8. The molecule has 0 spiro atoms. The summed E-state index contributed by atoms with van der Waals surface area (Å²) in [5, 5.41) is 5.00. The number of anilines is 1. The molecule has 1 aromatic carbocycles. The van der Waals surface area contributed by atoms with E-state index >= 15 is 0 Å². The number of rotatable bonds is 6. The molecule has 0 radical (unpaired) electrons. The number of nitrogens with zero attached hydrogens (tertiary/aromatic N) is 4. The summed E-state index contributed by atoms with van der Waals surface area (Å²) in [6, 6.07) is 13.7. The van der Waals surface area contributed by atoms with E-state index in [9.17, 15) is 9.18 Å². The van der Waals surface area contributed by atoms with Crippen molar-refractivity contribution in [2.24, 2.45) is 10.4 Å². The van der Waals surface area contributed by atoms with E-state index in [4.69, 9.17) is 9.73 Å². The highest BCUT2D eigenvalue weighted by atomic mass is 32.2. The minimum Gasteiger partial charge on any atom is -0.453 e. The molecule has 1 N–H and O–H groups in total. The third kappa shape index (κ3) is 6.24. The summed E-state index contributed by atoms with van der Waals surface area (Å²) in [6.45, 7) is 5.45. The van der Waals surface area contributed by atoms with Gasteiger partial charge in [0.15, 0.2) is 16.7 Å². The Kier molecular flexibility index (Phi) is 7.66. The lowest BCUT2D eigenvalue weighted by Gasteiger charge is -2.41. The molecule has 1 unspecified atom stereocenters. The number of benzene rings is 1. The predicted molar refractivity (Wildman–Crippen MR) is 146 cm³/mol. The smallest absolute Gasteiger partial charge is 0.219 e. The zero-order chi connectivity index (χ0) is 25.8. The maximum atomic E-state index is 13.4. The number of amides is 1. The molecular formula is C27H28FN5O2S2. The van der Waals surface area contributed by atoms with Crippen LogP contribution >= 0.6 is 23.5 Å². The monoisotopic (exact) mass is 537 g/mol. The number of nitrogens with one attached hydrogen (secondary N) is 1. The van der Waals surface area contributed by atoms with Crippen LogP contribution in [0.3, 0.4) is 0 Å². The first-order valence-corrected chi connectivity index (χ1v) is 13.9. The number of carbonyl (C=O) groups is 1. The highest BCUT2D eigenvalue weighted by Gasteiger charge is 2.40. The van der Waals surface area contributed by atoms with Crippen molar-refractivity contribution in [1.82, 2.24) is 14.9 Å². The number of halogens is 1. The van der Waals surface area contributed by atoms with Gasteiger partial charge >= 0.3 is 0 Å². The minimum atomic E-state index is -0.325. The van der Waals surface area contributed by atoms with Gasteiger partial charge in [0.25, 0.3) is 0 Å². The van der Waals surface area contributed by atoms with Gasteiger partial charge in [-0.25, -0.2) is 14.4 Å². The average molecular weight is 538 g/mol. The van der Waals surface area contributed by atoms with Gasteiger partial charge in [-0.1, -0.05) is 36.5 Å². The van der Waals surface area contributed by atoms with Crippen LogP contribution in [0, 0.1) is 11.2 Å². The van der Waals surface area contributed by atoms with Crippen molar-refractivity contribution in [1.29, 1.82) is 0 Å². The second-order valence-corrected chi connectivity index (χ2v) is 11.5. The van der Waals surface area contributed by atoms with Crippen LogP contribution in [-0.2, 0) is 4.79 Å². The number of aliphatic imine (C=N–C) groups is 1. The quantitative estimate of drug-likeness (QED) is 0.408. The number of ether oxygens (including phenoxy) is 1. The summed E-state index contributed by atoms with van der Waals surface area (Å²) < 4.78 is 19.6. The molecule has 3 aromatic rings. The SMILES string of the molecule is CC(=O)N1CCC(C)(C2CSC(Nc3ncc(Sc4ccccn4)cc3Oc3ccc(F)cc3)=N2)CC1. The van der Waals surface area contributed by atoms with E-state index in [1.807, 2.05) is 29.2 Å². The number of hydrogen-bond donors (Lipinski definition) is 1. The van der Waals surface area contributed by atoms with Crippen molar-refractivity contribution in [2.75, 3.05) is 24.2 Å². The van der Waals surface area contributed by atoms with E-state index < -0.39 is 0 Å². The molecule has 2 aliphatic heterocycles. The molecule has 192 valence electrons. The van der Waals surface area contributed by atoms with Crippen LogP contribution in [0.2, 0.25) is 0 Å². The summed E-state index contributed by atoms with van der Waals surface area (Å²) in [5.74, 6) is 2.25. The number of thioether (sulfide) groups is 1. The van der Waals surface area contributed by atoms with E-state index in [-0.39, 0.29) is 23.2 Å². The van der Waals surface area contributed by atoms with Gasteiger partial charge in [-0.2, -0.15) is 0 Å². The Morgan fingerprint density at radius 2 is 1.97 bits per heavy atom. The van der Waals surface area contributed by atoms with Crippen LogP contribution in [0.5, 0.6) is 11.5 Å². The molecule has 0 aliphatic carbocycles. The minimum absolute atomic E-state index is 0.0480. The molecule has 2 aromatic heterocycles. The van der Waals surface area contributed by atoms with E-state index in [1.54, 1.807) is 43.2 Å². The summed E-state index contributed by atoms with van der Waals surface area (Å²) >= 11 is 3.15. The molecule has 4 heterocycles. The fourth-order valence-electron chi connectivity index (χ4n) is 4.38. The van der Waals surface area contributed by atoms with Gasteiger partial charge in [-0.15, -0.1) is 0 Å². The Morgan fingerprint density at radius 1 is 1.19 bits per heavy atom. The van der Waals surface area contributed by atoms with Crippen molar-refractivity contribution in [3.8, 4) is 11.5 Å². The van der Waals surface area contributed by atoms with Crippen molar-refractivity contribution < 1.29 is 13.9 Å². The highest BCUT2D eigenvalue weighted by molar-refractivity contribution is 8.14. The maximum absolute atomic E-state index is 13.4. The van der Waals surface area contributed by atoms with Gasteiger partial charge in [-0.05, 0) is 54.7 Å². The normalized spacial score (nSPS) is 18.8. The summed E-state index contributed by atoms with van der Waals surface area (Å²) in [6.07, 6.45) is 5.39. The third-order valence-corrected chi connectivity index (χ3v) is 8.63. The lowest BCUT2D eigenvalue weighted by Crippen LogP contribution is -2.45. The predicted octanol–water partition coefficient (Wildman–Crippen LogP) is 6.09. The molecule has 0 bridgehead atoms. The first kappa shape index (κ1) is 25.5. The maximum Gasteiger partial charge on any atom is 0.219 e. The molecule has 1 atom stereocenters. The zero-order valence-electron chi connectivity index (χ0n) is 20.7. The topological polar surface area (TPSA) is 79.7 Å². The first-order valence-electron chi connectivity index (χ1n) is 12.1. The van der Waals surface area contributed by atoms with Gasteiger partial charge in [0, 0.05) is 49.1 Å². The van der Waals surface area contributed by atoms with Crippen molar-refractivity contribution >= 4 is 40.4 Å². The molecular weight excluding hydrogens is 509 g/mol. The zero-order valence-corrected chi connectivity index (χ0v) is 22.3. The first-order chi connectivity index (χ1) is 17.9. The molecule has 1 amide bonds. The average Bonchev–Trinajstić information content (AvgIpc) is 3.37. The Hall–Kier alpha value is -3.11. The van der Waals surface area contributed by atoms with Gasteiger partial charge < -0.3 is 15.0 Å². The Labute approximate surface area is 224 Å². The summed E-state index contributed by atoms with van der Waals surface area (Å²) in [7, 11) is 0. The van der Waals surface area contributed by atoms with Crippen molar-refractivity contribution in [2.45, 2.75) is 42.7 Å². The van der Waals surface area contributed by atoms with Crippen molar-refractivity contribution in [3.63, 3.8) is 0 Å². The lowest BCUT2D eigenvalue weighted by atomic mass is 9.75. The van der Waals surface area contributed by atoms with Crippen LogP contribution in [0.4, 0.5) is 10.2 Å². The van der Waals surface area contributed by atoms with Gasteiger partial charge in [-0.3, -0.25) is 9.79 Å². The number of piperidine rings is 1. The molecule has 1 saturated heterocycles. The highest BCUT2D eigenvalue weighted by Crippen LogP contribution is 2.41. The molecule has 2 aliphatic rings. The van der Waals surface area contributed by atoms with E-state index in [1.165, 1.54) is 23.9 Å². The summed E-state index contributed by atoms with van der Waals surface area (Å²) in [5.41, 5.74) is 0.0480.